The SMILES string of the molecule is CC(C)(C)OC=O.CN1CCc2c([nH]c3ccc(Cl)cc23)C1c1ccc(OC(=O)CNC(=O)OC(C)(C)C)cc1.Nc1ccccc1. The molecule has 1 amide bonds. The van der Waals surface area contributed by atoms with Gasteiger partial charge in [-0.1, -0.05) is 41.9 Å². The Balaban J connectivity index is 0.000000355. The zero-order chi connectivity index (χ0) is 34.8. The molecule has 1 aromatic heterocycles. The molecule has 4 aromatic rings. The summed E-state index contributed by atoms with van der Waals surface area (Å²) in [5.41, 5.74) is 9.84. The van der Waals surface area contributed by atoms with Crippen LogP contribution in [-0.4, -0.2) is 59.8 Å². The van der Waals surface area contributed by atoms with E-state index in [1.165, 1.54) is 10.9 Å². The number of alkyl carbamates (subject to hydrolysis) is 1. The van der Waals surface area contributed by atoms with Crippen molar-refractivity contribution in [3.05, 3.63) is 94.6 Å². The minimum atomic E-state index is -0.662. The van der Waals surface area contributed by atoms with E-state index in [1.54, 1.807) is 32.9 Å². The predicted octanol–water partition coefficient (Wildman–Crippen LogP) is 7.06. The van der Waals surface area contributed by atoms with Crippen LogP contribution in [0, 0.1) is 0 Å². The molecule has 2 heterocycles. The van der Waals surface area contributed by atoms with Gasteiger partial charge in [-0.15, -0.1) is 0 Å². The van der Waals surface area contributed by atoms with Crippen molar-refractivity contribution in [2.24, 2.45) is 0 Å². The number of ether oxygens (including phenoxy) is 3. The van der Waals surface area contributed by atoms with Crippen LogP contribution in [0.5, 0.6) is 5.75 Å². The number of carbonyl (C=O) groups is 3. The second-order valence-electron chi connectivity index (χ2n) is 13.0. The molecular weight excluding hydrogens is 620 g/mol. The highest BCUT2D eigenvalue weighted by molar-refractivity contribution is 6.31. The smallest absolute Gasteiger partial charge is 0.408 e. The molecule has 47 heavy (non-hydrogen) atoms. The Morgan fingerprint density at radius 1 is 1.00 bits per heavy atom. The number of para-hydroxylation sites is 1. The molecule has 0 saturated carbocycles. The van der Waals surface area contributed by atoms with Crippen LogP contribution in [-0.2, 0) is 25.5 Å². The van der Waals surface area contributed by atoms with E-state index in [2.05, 4.69) is 27.0 Å². The predicted molar refractivity (Wildman–Crippen MR) is 186 cm³/mol. The number of nitrogens with zero attached hydrogens (tertiary/aromatic N) is 1. The van der Waals surface area contributed by atoms with Crippen molar-refractivity contribution in [2.75, 3.05) is 25.9 Å². The molecule has 10 nitrogen and oxygen atoms in total. The highest BCUT2D eigenvalue weighted by Gasteiger charge is 2.29. The van der Waals surface area contributed by atoms with Crippen LogP contribution in [0.3, 0.4) is 0 Å². The number of carbonyl (C=O) groups excluding carboxylic acids is 3. The number of aromatic nitrogens is 1. The lowest BCUT2D eigenvalue weighted by Crippen LogP contribution is -2.36. The summed E-state index contributed by atoms with van der Waals surface area (Å²) in [6.07, 6.45) is 0.286. The molecule has 0 radical (unpaired) electrons. The third kappa shape index (κ3) is 12.0. The number of amides is 1. The summed E-state index contributed by atoms with van der Waals surface area (Å²) >= 11 is 6.23. The molecule has 252 valence electrons. The van der Waals surface area contributed by atoms with Crippen LogP contribution in [0.25, 0.3) is 10.9 Å². The summed E-state index contributed by atoms with van der Waals surface area (Å²) in [6, 6.07) is 22.9. The zero-order valence-corrected chi connectivity index (χ0v) is 28.8. The lowest BCUT2D eigenvalue weighted by Gasteiger charge is -2.33. The molecule has 0 spiro atoms. The maximum absolute atomic E-state index is 12.1. The first-order valence-corrected chi connectivity index (χ1v) is 15.6. The van der Waals surface area contributed by atoms with Gasteiger partial charge in [0.1, 0.15) is 23.5 Å². The number of nitrogen functional groups attached to an aromatic ring is 1. The zero-order valence-electron chi connectivity index (χ0n) is 28.1. The normalized spacial score (nSPS) is 14.3. The summed E-state index contributed by atoms with van der Waals surface area (Å²) in [5, 5.41) is 4.29. The quantitative estimate of drug-likeness (QED) is 0.0893. The van der Waals surface area contributed by atoms with E-state index >= 15 is 0 Å². The average molecular weight is 665 g/mol. The van der Waals surface area contributed by atoms with Crippen molar-refractivity contribution in [3.8, 4) is 5.75 Å². The Bertz CT molecular complexity index is 1630. The van der Waals surface area contributed by atoms with E-state index < -0.39 is 17.7 Å². The molecule has 0 fully saturated rings. The van der Waals surface area contributed by atoms with Gasteiger partial charge in [0, 0.05) is 33.9 Å². The van der Waals surface area contributed by atoms with Gasteiger partial charge in [0.2, 0.25) is 0 Å². The van der Waals surface area contributed by atoms with Crippen molar-refractivity contribution < 1.29 is 28.6 Å². The highest BCUT2D eigenvalue weighted by atomic mass is 35.5. The first-order chi connectivity index (χ1) is 22.1. The number of H-pyrrole nitrogens is 1. The molecule has 1 aliphatic heterocycles. The van der Waals surface area contributed by atoms with Gasteiger partial charge < -0.3 is 30.2 Å². The van der Waals surface area contributed by atoms with Gasteiger partial charge in [0.25, 0.3) is 6.47 Å². The molecule has 5 rings (SSSR count). The van der Waals surface area contributed by atoms with Crippen molar-refractivity contribution in [2.45, 2.75) is 65.2 Å². The molecule has 4 N–H and O–H groups in total. The lowest BCUT2D eigenvalue weighted by atomic mass is 9.93. The number of likely N-dealkylation sites (N-methyl/N-ethyl adjacent to an activating group) is 1. The largest absolute Gasteiger partial charge is 0.462 e. The van der Waals surface area contributed by atoms with E-state index in [0.29, 0.717) is 12.2 Å². The van der Waals surface area contributed by atoms with Gasteiger partial charge >= 0.3 is 12.1 Å². The number of hydrogen-bond donors (Lipinski definition) is 3. The van der Waals surface area contributed by atoms with Crippen molar-refractivity contribution >= 4 is 46.7 Å². The standard InChI is InChI=1S/C25H28ClN3O4.C6H7N.C5H10O2/c1-25(2,3)33-24(31)27-14-21(30)32-17-8-5-15(6-9-17)23-22-18(11-12-29(23)4)19-13-16(26)7-10-20(19)28-22;7-6-4-2-1-3-5-6;1-5(2,3)7-4-6/h5-10,13,23,28H,11-12,14H2,1-4H3,(H,27,31);1-5H,7H2;4H,1-3H3. The summed E-state index contributed by atoms with van der Waals surface area (Å²) in [5.74, 6) is -0.157. The number of halogens is 1. The summed E-state index contributed by atoms with van der Waals surface area (Å²) in [6.45, 7) is 11.8. The van der Waals surface area contributed by atoms with E-state index in [-0.39, 0.29) is 18.2 Å². The Morgan fingerprint density at radius 3 is 2.19 bits per heavy atom. The highest BCUT2D eigenvalue weighted by Crippen LogP contribution is 2.38. The number of nitrogens with one attached hydrogen (secondary N) is 2. The van der Waals surface area contributed by atoms with Crippen LogP contribution in [0.1, 0.15) is 64.4 Å². The topological polar surface area (TPSA) is 136 Å². The Hall–Kier alpha value is -4.54. The van der Waals surface area contributed by atoms with Crippen molar-refractivity contribution in [1.29, 1.82) is 0 Å². The molecule has 1 unspecified atom stereocenters. The van der Waals surface area contributed by atoms with Gasteiger partial charge in [0.05, 0.1) is 6.04 Å². The molecule has 3 aromatic carbocycles. The van der Waals surface area contributed by atoms with Crippen molar-refractivity contribution in [1.82, 2.24) is 15.2 Å². The summed E-state index contributed by atoms with van der Waals surface area (Å²) in [4.78, 5) is 39.3. The monoisotopic (exact) mass is 664 g/mol. The van der Waals surface area contributed by atoms with Crippen LogP contribution in [0.4, 0.5) is 10.5 Å². The van der Waals surface area contributed by atoms with E-state index in [4.69, 9.17) is 26.8 Å². The molecule has 11 heteroatoms. The first kappa shape index (κ1) is 36.9. The lowest BCUT2D eigenvalue weighted by molar-refractivity contribution is -0.138. The summed E-state index contributed by atoms with van der Waals surface area (Å²) < 4.78 is 15.0. The maximum Gasteiger partial charge on any atom is 0.408 e. The van der Waals surface area contributed by atoms with Gasteiger partial charge in [-0.25, -0.2) is 9.59 Å². The van der Waals surface area contributed by atoms with Crippen LogP contribution in [0.15, 0.2) is 72.8 Å². The Morgan fingerprint density at radius 2 is 1.66 bits per heavy atom. The van der Waals surface area contributed by atoms with Crippen LogP contribution in [0.2, 0.25) is 5.02 Å². The van der Waals surface area contributed by atoms with Gasteiger partial charge in [-0.2, -0.15) is 0 Å². The number of hydrogen-bond acceptors (Lipinski definition) is 8. The second-order valence-corrected chi connectivity index (χ2v) is 13.4. The number of rotatable bonds is 5. The molecule has 1 atom stereocenters. The average Bonchev–Trinajstić information content (AvgIpc) is 3.34. The number of anilines is 1. The van der Waals surface area contributed by atoms with Gasteiger partial charge in [0.15, 0.2) is 0 Å². The minimum Gasteiger partial charge on any atom is -0.462 e. The third-order valence-electron chi connectivity index (χ3n) is 6.73. The summed E-state index contributed by atoms with van der Waals surface area (Å²) in [7, 11) is 2.10. The fourth-order valence-electron chi connectivity index (χ4n) is 4.74. The van der Waals surface area contributed by atoms with Gasteiger partial charge in [-0.05, 0) is 109 Å². The fourth-order valence-corrected chi connectivity index (χ4v) is 4.92. The first-order valence-electron chi connectivity index (χ1n) is 15.3. The van der Waals surface area contributed by atoms with Gasteiger partial charge in [-0.3, -0.25) is 9.69 Å². The third-order valence-corrected chi connectivity index (χ3v) is 6.97. The van der Waals surface area contributed by atoms with E-state index in [1.807, 2.05) is 81.4 Å². The maximum atomic E-state index is 12.1. The number of nitrogens with two attached hydrogens (primary N) is 1. The van der Waals surface area contributed by atoms with E-state index in [0.717, 1.165) is 40.4 Å². The Labute approximate surface area is 281 Å². The van der Waals surface area contributed by atoms with Crippen LogP contribution < -0.4 is 15.8 Å². The number of benzene rings is 3. The molecular formula is C36H45ClN4O6. The Kier molecular flexibility index (Phi) is 12.8. The van der Waals surface area contributed by atoms with E-state index in [9.17, 15) is 14.4 Å². The van der Waals surface area contributed by atoms with Crippen LogP contribution >= 0.6 is 11.6 Å². The molecule has 1 aliphatic rings. The molecule has 0 saturated heterocycles. The second kappa shape index (κ2) is 16.3. The number of esters is 1. The minimum absolute atomic E-state index is 0.0542. The number of fused-ring (bicyclic) bond motifs is 3. The van der Waals surface area contributed by atoms with Crippen molar-refractivity contribution in [3.63, 3.8) is 0 Å². The molecule has 0 aliphatic carbocycles. The number of aromatic amines is 1. The molecule has 0 bridgehead atoms. The fraction of sp³-hybridized carbons (Fsp3) is 0.361.